The largest absolute Gasteiger partial charge is 0.326 e. The Morgan fingerprint density at radius 2 is 1.79 bits per heavy atom. The summed E-state index contributed by atoms with van der Waals surface area (Å²) in [6, 6.07) is 4.02. The lowest BCUT2D eigenvalue weighted by Gasteiger charge is -2.07. The zero-order valence-electron chi connectivity index (χ0n) is 13.1. The van der Waals surface area contributed by atoms with Crippen molar-refractivity contribution < 1.29 is 14.6 Å². The topological polar surface area (TPSA) is 133 Å². The Labute approximate surface area is 136 Å². The van der Waals surface area contributed by atoms with E-state index in [4.69, 9.17) is 0 Å². The number of hydrogen-bond donors (Lipinski definition) is 1. The lowest BCUT2D eigenvalue weighted by molar-refractivity contribution is -0.395. The third-order valence-corrected chi connectivity index (χ3v) is 3.37. The molecule has 1 amide bonds. The molecule has 1 N–H and O–H groups in total. The summed E-state index contributed by atoms with van der Waals surface area (Å²) < 4.78 is 1.59. The van der Waals surface area contributed by atoms with Gasteiger partial charge in [-0.3, -0.25) is 29.7 Å². The highest BCUT2D eigenvalue weighted by Crippen LogP contribution is 2.31. The molecule has 0 aliphatic heterocycles. The molecular weight excluding hydrogens is 318 g/mol. The number of aryl methyl sites for hydroxylation is 2. The van der Waals surface area contributed by atoms with Crippen LogP contribution in [-0.2, 0) is 11.3 Å². The number of aromatic nitrogens is 2. The Morgan fingerprint density at radius 3 is 2.25 bits per heavy atom. The third-order valence-electron chi connectivity index (χ3n) is 3.37. The van der Waals surface area contributed by atoms with Gasteiger partial charge in [0.1, 0.15) is 5.56 Å². The number of carbonyl (C=O) groups excluding carboxylic acids is 1. The van der Waals surface area contributed by atoms with Gasteiger partial charge in [0.05, 0.1) is 21.2 Å². The van der Waals surface area contributed by atoms with Crippen molar-refractivity contribution in [3.8, 4) is 0 Å². The van der Waals surface area contributed by atoms with Crippen molar-refractivity contribution in [1.82, 2.24) is 9.78 Å². The smallest absolute Gasteiger partial charge is 0.281 e. The van der Waals surface area contributed by atoms with Crippen LogP contribution < -0.4 is 5.32 Å². The van der Waals surface area contributed by atoms with Crippen molar-refractivity contribution in [1.29, 1.82) is 0 Å². The van der Waals surface area contributed by atoms with Crippen LogP contribution in [-0.4, -0.2) is 25.5 Å². The molecule has 1 heterocycles. The summed E-state index contributed by atoms with van der Waals surface area (Å²) in [7, 11) is 0. The van der Waals surface area contributed by atoms with Gasteiger partial charge in [-0.2, -0.15) is 5.10 Å². The zero-order valence-corrected chi connectivity index (χ0v) is 13.1. The first kappa shape index (κ1) is 17.1. The summed E-state index contributed by atoms with van der Waals surface area (Å²) in [5.74, 6) is -0.421. The van der Waals surface area contributed by atoms with E-state index in [0.717, 1.165) is 17.8 Å². The van der Waals surface area contributed by atoms with E-state index in [-0.39, 0.29) is 17.7 Å². The Bertz CT molecular complexity index is 779. The molecule has 0 atom stereocenters. The number of nitro benzene ring substituents is 2. The summed E-state index contributed by atoms with van der Waals surface area (Å²) in [5.41, 5.74) is -0.0553. The van der Waals surface area contributed by atoms with Crippen molar-refractivity contribution in [3.05, 3.63) is 55.9 Å². The molecule has 1 aromatic heterocycles. The van der Waals surface area contributed by atoms with Crippen LogP contribution in [0.2, 0.25) is 0 Å². The van der Waals surface area contributed by atoms with Gasteiger partial charge in [-0.15, -0.1) is 0 Å². The molecule has 24 heavy (non-hydrogen) atoms. The predicted octanol–water partition coefficient (Wildman–Crippen LogP) is 2.35. The lowest BCUT2D eigenvalue weighted by Crippen LogP contribution is -2.15. The van der Waals surface area contributed by atoms with Crippen LogP contribution in [0.1, 0.15) is 17.7 Å². The van der Waals surface area contributed by atoms with Gasteiger partial charge in [0.2, 0.25) is 5.91 Å². The van der Waals surface area contributed by atoms with Crippen LogP contribution in [0.25, 0.3) is 0 Å². The Balaban J connectivity index is 2.14. The van der Waals surface area contributed by atoms with E-state index in [1.807, 2.05) is 6.92 Å². The van der Waals surface area contributed by atoms with Crippen molar-refractivity contribution in [3.63, 3.8) is 0 Å². The Kier molecular flexibility index (Phi) is 4.87. The molecule has 2 rings (SSSR count). The van der Waals surface area contributed by atoms with Gasteiger partial charge >= 0.3 is 0 Å². The second-order valence-electron chi connectivity index (χ2n) is 5.17. The second-order valence-corrected chi connectivity index (χ2v) is 5.17. The fourth-order valence-corrected chi connectivity index (χ4v) is 2.16. The van der Waals surface area contributed by atoms with Gasteiger partial charge in [0.25, 0.3) is 11.4 Å². The zero-order chi connectivity index (χ0) is 17.9. The summed E-state index contributed by atoms with van der Waals surface area (Å²) >= 11 is 0. The van der Waals surface area contributed by atoms with E-state index in [1.165, 1.54) is 6.92 Å². The quantitative estimate of drug-likeness (QED) is 0.637. The molecule has 0 aliphatic rings. The maximum atomic E-state index is 11.9. The van der Waals surface area contributed by atoms with Crippen molar-refractivity contribution in [2.45, 2.75) is 26.8 Å². The number of hydrogen-bond acceptors (Lipinski definition) is 6. The molecule has 0 unspecified atom stereocenters. The van der Waals surface area contributed by atoms with Crippen LogP contribution in [0.4, 0.5) is 17.1 Å². The van der Waals surface area contributed by atoms with E-state index in [1.54, 1.807) is 16.9 Å². The van der Waals surface area contributed by atoms with E-state index in [2.05, 4.69) is 10.4 Å². The highest BCUT2D eigenvalue weighted by atomic mass is 16.6. The van der Waals surface area contributed by atoms with E-state index in [0.29, 0.717) is 6.54 Å². The van der Waals surface area contributed by atoms with Crippen LogP contribution >= 0.6 is 0 Å². The minimum atomic E-state index is -0.718. The molecule has 126 valence electrons. The normalized spacial score (nSPS) is 10.4. The minimum absolute atomic E-state index is 0.0145. The molecular formula is C14H15N5O5. The summed E-state index contributed by atoms with van der Waals surface area (Å²) in [6.07, 6.45) is 1.81. The number of benzene rings is 1. The van der Waals surface area contributed by atoms with Gasteiger partial charge in [0.15, 0.2) is 0 Å². The number of carbonyl (C=O) groups is 1. The minimum Gasteiger partial charge on any atom is -0.326 e. The highest BCUT2D eigenvalue weighted by Gasteiger charge is 2.23. The molecule has 0 aliphatic carbocycles. The second kappa shape index (κ2) is 6.86. The highest BCUT2D eigenvalue weighted by molar-refractivity contribution is 5.91. The number of amides is 1. The van der Waals surface area contributed by atoms with Gasteiger partial charge in [-0.25, -0.2) is 0 Å². The summed E-state index contributed by atoms with van der Waals surface area (Å²) in [5, 5.41) is 28.6. The molecule has 0 radical (unpaired) electrons. The number of nitro groups is 2. The molecule has 0 bridgehead atoms. The van der Waals surface area contributed by atoms with E-state index in [9.17, 15) is 25.0 Å². The SMILES string of the molecule is Cc1ccn(CCC(=O)Nc2cc([N+](=O)[O-])c(C)c([N+](=O)[O-])c2)n1. The van der Waals surface area contributed by atoms with E-state index < -0.39 is 27.1 Å². The first-order valence-corrected chi connectivity index (χ1v) is 7.01. The molecule has 10 heteroatoms. The fourth-order valence-electron chi connectivity index (χ4n) is 2.16. The standard InChI is InChI=1S/C14H15N5O5/c1-9-3-5-17(16-9)6-4-14(20)15-11-7-12(18(21)22)10(2)13(8-11)19(23)24/h3,5,7-8H,4,6H2,1-2H3,(H,15,20). The predicted molar refractivity (Wildman–Crippen MR) is 84.7 cm³/mol. The van der Waals surface area contributed by atoms with Gasteiger partial charge in [-0.05, 0) is 19.9 Å². The van der Waals surface area contributed by atoms with Crippen molar-refractivity contribution in [2.75, 3.05) is 5.32 Å². The lowest BCUT2D eigenvalue weighted by atomic mass is 10.1. The molecule has 0 spiro atoms. The Hall–Kier alpha value is -3.30. The van der Waals surface area contributed by atoms with Crippen molar-refractivity contribution >= 4 is 23.0 Å². The molecule has 2 aromatic rings. The average molecular weight is 333 g/mol. The van der Waals surface area contributed by atoms with Crippen LogP contribution in [0.5, 0.6) is 0 Å². The van der Waals surface area contributed by atoms with Gasteiger partial charge in [0, 0.05) is 31.3 Å². The van der Waals surface area contributed by atoms with Gasteiger partial charge < -0.3 is 5.32 Å². The Morgan fingerprint density at radius 1 is 1.21 bits per heavy atom. The molecule has 0 fully saturated rings. The molecule has 1 aromatic carbocycles. The number of rotatable bonds is 6. The average Bonchev–Trinajstić information content (AvgIpc) is 2.92. The van der Waals surface area contributed by atoms with Crippen LogP contribution in [0, 0.1) is 34.1 Å². The first-order valence-electron chi connectivity index (χ1n) is 7.01. The van der Waals surface area contributed by atoms with Crippen LogP contribution in [0.3, 0.4) is 0 Å². The fraction of sp³-hybridized carbons (Fsp3) is 0.286. The third kappa shape index (κ3) is 3.91. The van der Waals surface area contributed by atoms with Crippen LogP contribution in [0.15, 0.2) is 24.4 Å². The maximum Gasteiger partial charge on any atom is 0.281 e. The monoisotopic (exact) mass is 333 g/mol. The molecule has 0 saturated carbocycles. The number of nitrogens with one attached hydrogen (secondary N) is 1. The summed E-state index contributed by atoms with van der Waals surface area (Å²) in [6.45, 7) is 3.44. The number of anilines is 1. The summed E-state index contributed by atoms with van der Waals surface area (Å²) in [4.78, 5) is 32.5. The number of nitrogens with zero attached hydrogens (tertiary/aromatic N) is 4. The molecule has 10 nitrogen and oxygen atoms in total. The molecule has 0 saturated heterocycles. The van der Waals surface area contributed by atoms with E-state index >= 15 is 0 Å². The first-order chi connectivity index (χ1) is 11.3. The van der Waals surface area contributed by atoms with Gasteiger partial charge in [-0.1, -0.05) is 0 Å². The maximum absolute atomic E-state index is 11.9. The van der Waals surface area contributed by atoms with Crippen molar-refractivity contribution in [2.24, 2.45) is 0 Å².